The van der Waals surface area contributed by atoms with Gasteiger partial charge in [-0.15, -0.1) is 0 Å². The van der Waals surface area contributed by atoms with Crippen LogP contribution in [0.2, 0.25) is 0 Å². The molecule has 0 bridgehead atoms. The summed E-state index contributed by atoms with van der Waals surface area (Å²) in [5.74, 6) is 2.55. The normalized spacial score (nSPS) is 18.2. The summed E-state index contributed by atoms with van der Waals surface area (Å²) in [4.78, 5) is 9.11. The van der Waals surface area contributed by atoms with Crippen LogP contribution in [0.3, 0.4) is 0 Å². The molecule has 1 aliphatic heterocycles. The first-order valence-corrected chi connectivity index (χ1v) is 13.8. The second kappa shape index (κ2) is 14.9. The maximum Gasteiger partial charge on any atom is 0.159 e. The van der Waals surface area contributed by atoms with E-state index in [4.69, 9.17) is 18.0 Å². The molecule has 2 N–H and O–H groups in total. The van der Waals surface area contributed by atoms with Crippen molar-refractivity contribution in [3.63, 3.8) is 0 Å². The van der Waals surface area contributed by atoms with E-state index in [0.717, 1.165) is 61.9 Å². The van der Waals surface area contributed by atoms with Crippen molar-refractivity contribution >= 4 is 39.8 Å². The van der Waals surface area contributed by atoms with Crippen LogP contribution < -0.4 is 10.6 Å². The first kappa shape index (κ1) is 28.1. The molecule has 33 heavy (non-hydrogen) atoms. The number of nitrogens with two attached hydrogens (primary N) is 1. The van der Waals surface area contributed by atoms with Crippen LogP contribution in [0.4, 0.5) is 10.1 Å². The Labute approximate surface area is 210 Å². The highest BCUT2D eigenvalue weighted by molar-refractivity contribution is 8.13. The van der Waals surface area contributed by atoms with Gasteiger partial charge in [0.15, 0.2) is 5.17 Å². The molecule has 0 aromatic heterocycles. The second-order valence-electron chi connectivity index (χ2n) is 9.79. The smallest absolute Gasteiger partial charge is 0.159 e. The lowest BCUT2D eigenvalue weighted by atomic mass is 9.91. The fourth-order valence-electron chi connectivity index (χ4n) is 4.21. The van der Waals surface area contributed by atoms with Gasteiger partial charge < -0.3 is 15.5 Å². The average Bonchev–Trinajstić information content (AvgIpc) is 2.78. The third kappa shape index (κ3) is 11.2. The number of thioether (sulfide) groups is 1. The highest BCUT2D eigenvalue weighted by Crippen LogP contribution is 2.26. The summed E-state index contributed by atoms with van der Waals surface area (Å²) in [5, 5.41) is 0.628. The van der Waals surface area contributed by atoms with E-state index in [9.17, 15) is 4.39 Å². The number of halogens is 1. The van der Waals surface area contributed by atoms with Crippen molar-refractivity contribution in [3.05, 3.63) is 29.6 Å². The van der Waals surface area contributed by atoms with Crippen molar-refractivity contribution in [2.24, 2.45) is 22.6 Å². The van der Waals surface area contributed by atoms with Crippen LogP contribution >= 0.6 is 24.0 Å². The van der Waals surface area contributed by atoms with Crippen LogP contribution in [0.15, 0.2) is 23.2 Å². The molecule has 1 aromatic rings. The van der Waals surface area contributed by atoms with Gasteiger partial charge in [0, 0.05) is 31.9 Å². The molecule has 1 heterocycles. The molecular weight excluding hydrogens is 451 g/mol. The summed E-state index contributed by atoms with van der Waals surface area (Å²) in [6.45, 7) is 10.0. The number of amidine groups is 1. The molecule has 7 heteroatoms. The van der Waals surface area contributed by atoms with Crippen molar-refractivity contribution in [2.45, 2.75) is 65.7 Å². The van der Waals surface area contributed by atoms with E-state index in [0.29, 0.717) is 16.1 Å². The Morgan fingerprint density at radius 1 is 1.18 bits per heavy atom. The average molecular weight is 495 g/mol. The van der Waals surface area contributed by atoms with E-state index < -0.39 is 0 Å². The van der Waals surface area contributed by atoms with Gasteiger partial charge in [0.2, 0.25) is 0 Å². The molecule has 0 atom stereocenters. The molecule has 3 rings (SSSR count). The summed E-state index contributed by atoms with van der Waals surface area (Å²) < 4.78 is 14.2. The first-order valence-electron chi connectivity index (χ1n) is 12.4. The Balaban J connectivity index is 0.000000245. The van der Waals surface area contributed by atoms with E-state index >= 15 is 0 Å². The third-order valence-corrected chi connectivity index (χ3v) is 7.44. The molecule has 1 saturated carbocycles. The maximum absolute atomic E-state index is 14.2. The lowest BCUT2D eigenvalue weighted by molar-refractivity contribution is 0.311. The number of aliphatic imine (C=N–C) groups is 1. The van der Waals surface area contributed by atoms with E-state index in [-0.39, 0.29) is 5.82 Å². The van der Waals surface area contributed by atoms with Crippen LogP contribution in [-0.2, 0) is 6.42 Å². The number of anilines is 1. The predicted octanol–water partition coefficient (Wildman–Crippen LogP) is 6.13. The minimum absolute atomic E-state index is 0.0641. The number of benzene rings is 1. The summed E-state index contributed by atoms with van der Waals surface area (Å²) in [5.41, 5.74) is 7.60. The molecule has 2 fully saturated rings. The van der Waals surface area contributed by atoms with Gasteiger partial charge in [0.05, 0.1) is 5.69 Å². The number of thiocarbonyl (C=S) groups is 1. The zero-order valence-corrected chi connectivity index (χ0v) is 22.6. The van der Waals surface area contributed by atoms with Gasteiger partial charge in [0.25, 0.3) is 0 Å². The molecule has 0 unspecified atom stereocenters. The van der Waals surface area contributed by atoms with Crippen LogP contribution in [0.5, 0.6) is 0 Å². The SMILES string of the molecule is CC(=S)N=C(N)SCC1CCCCC1.CC(C)CCc1ccc(N2CCN(C)CC2)c(F)c1. The van der Waals surface area contributed by atoms with E-state index in [1.807, 2.05) is 6.07 Å². The fourth-order valence-corrected chi connectivity index (χ4v) is 5.31. The highest BCUT2D eigenvalue weighted by Gasteiger charge is 2.17. The fraction of sp³-hybridized carbons (Fsp3) is 0.692. The van der Waals surface area contributed by atoms with E-state index in [2.05, 4.69) is 41.8 Å². The van der Waals surface area contributed by atoms with Gasteiger partial charge in [0.1, 0.15) is 10.8 Å². The van der Waals surface area contributed by atoms with E-state index in [1.165, 1.54) is 32.1 Å². The Hall–Kier alpha value is -1.18. The number of hydrogen-bond acceptors (Lipinski definition) is 4. The van der Waals surface area contributed by atoms with Gasteiger partial charge in [-0.25, -0.2) is 9.38 Å². The van der Waals surface area contributed by atoms with Crippen LogP contribution in [0, 0.1) is 17.7 Å². The summed E-state index contributed by atoms with van der Waals surface area (Å²) in [6, 6.07) is 5.76. The van der Waals surface area contributed by atoms with Gasteiger partial charge in [-0.2, -0.15) is 0 Å². The van der Waals surface area contributed by atoms with Crippen LogP contribution in [0.1, 0.15) is 64.9 Å². The van der Waals surface area contributed by atoms with Crippen molar-refractivity contribution in [1.29, 1.82) is 0 Å². The Morgan fingerprint density at radius 2 is 1.85 bits per heavy atom. The largest absolute Gasteiger partial charge is 0.378 e. The molecule has 0 spiro atoms. The molecule has 4 nitrogen and oxygen atoms in total. The summed E-state index contributed by atoms with van der Waals surface area (Å²) in [6.07, 6.45) is 8.98. The molecular formula is C26H43FN4S2. The van der Waals surface area contributed by atoms with Crippen LogP contribution in [0.25, 0.3) is 0 Å². The standard InChI is InChI=1S/C16H25FN2.C10H18N2S2/c1-13(2)4-5-14-6-7-16(15(17)12-14)19-10-8-18(3)9-11-19;1-8(13)12-10(11)14-7-9-5-3-2-4-6-9/h6-7,12-13H,4-5,8-11H2,1-3H3;9H,2-7H2,1H3,(H2,11,12,13). The minimum Gasteiger partial charge on any atom is -0.378 e. The lowest BCUT2D eigenvalue weighted by Crippen LogP contribution is -2.44. The Bertz CT molecular complexity index is 755. The van der Waals surface area contributed by atoms with Gasteiger partial charge in [-0.1, -0.05) is 63.2 Å². The summed E-state index contributed by atoms with van der Waals surface area (Å²) >= 11 is 6.51. The zero-order valence-electron chi connectivity index (χ0n) is 21.0. The molecule has 2 aliphatic rings. The number of aryl methyl sites for hydroxylation is 1. The number of hydrogen-bond donors (Lipinski definition) is 1. The van der Waals surface area contributed by atoms with Crippen molar-refractivity contribution in [2.75, 3.05) is 43.9 Å². The molecule has 0 amide bonds. The Kier molecular flexibility index (Phi) is 12.7. The van der Waals surface area contributed by atoms with Crippen molar-refractivity contribution < 1.29 is 4.39 Å². The molecule has 1 aromatic carbocycles. The molecule has 0 radical (unpaired) electrons. The Morgan fingerprint density at radius 3 is 2.42 bits per heavy atom. The second-order valence-corrected chi connectivity index (χ2v) is 11.4. The van der Waals surface area contributed by atoms with Gasteiger partial charge >= 0.3 is 0 Å². The van der Waals surface area contributed by atoms with Crippen molar-refractivity contribution in [3.8, 4) is 0 Å². The molecule has 1 aliphatic carbocycles. The zero-order chi connectivity index (χ0) is 24.2. The van der Waals surface area contributed by atoms with Gasteiger partial charge in [-0.3, -0.25) is 0 Å². The predicted molar refractivity (Wildman–Crippen MR) is 148 cm³/mol. The number of rotatable bonds is 6. The topological polar surface area (TPSA) is 44.9 Å². The van der Waals surface area contributed by atoms with Crippen LogP contribution in [-0.4, -0.2) is 54.0 Å². The monoisotopic (exact) mass is 494 g/mol. The number of likely N-dealkylation sites (N-methyl/N-ethyl adjacent to an activating group) is 1. The quantitative estimate of drug-likeness (QED) is 0.293. The first-order chi connectivity index (χ1) is 15.7. The third-order valence-electron chi connectivity index (χ3n) is 6.33. The van der Waals surface area contributed by atoms with Gasteiger partial charge in [-0.05, 0) is 69.2 Å². The summed E-state index contributed by atoms with van der Waals surface area (Å²) in [7, 11) is 2.11. The number of piperazine rings is 1. The molecule has 186 valence electrons. The minimum atomic E-state index is -0.0641. The van der Waals surface area contributed by atoms with E-state index in [1.54, 1.807) is 24.8 Å². The van der Waals surface area contributed by atoms with Crippen molar-refractivity contribution in [1.82, 2.24) is 4.90 Å². The maximum atomic E-state index is 14.2. The highest BCUT2D eigenvalue weighted by atomic mass is 32.2. The number of nitrogens with zero attached hydrogens (tertiary/aromatic N) is 3. The molecule has 1 saturated heterocycles. The lowest BCUT2D eigenvalue weighted by Gasteiger charge is -2.34.